The lowest BCUT2D eigenvalue weighted by Crippen LogP contribution is -2.16. The van der Waals surface area contributed by atoms with E-state index in [2.05, 4.69) is 4.72 Å². The molecule has 0 saturated carbocycles. The van der Waals surface area contributed by atoms with Gasteiger partial charge in [0.1, 0.15) is 17.1 Å². The third-order valence-corrected chi connectivity index (χ3v) is 4.29. The van der Waals surface area contributed by atoms with Gasteiger partial charge in [0, 0.05) is 0 Å². The third kappa shape index (κ3) is 3.78. The molecule has 0 unspecified atom stereocenters. The number of carbonyl (C=O) groups is 1. The lowest BCUT2D eigenvalue weighted by molar-refractivity contribution is 0.0694. The van der Waals surface area contributed by atoms with E-state index < -0.39 is 21.8 Å². The molecule has 6 nitrogen and oxygen atoms in total. The molecule has 0 amide bonds. The summed E-state index contributed by atoms with van der Waals surface area (Å²) in [5, 5.41) is 9.31. The van der Waals surface area contributed by atoms with Crippen molar-refractivity contribution in [3.8, 4) is 5.75 Å². The van der Waals surface area contributed by atoms with E-state index in [4.69, 9.17) is 4.74 Å². The Morgan fingerprint density at radius 2 is 1.87 bits per heavy atom. The van der Waals surface area contributed by atoms with Gasteiger partial charge in [-0.25, -0.2) is 17.6 Å². The molecule has 0 aliphatic carbocycles. The van der Waals surface area contributed by atoms with Crippen LogP contribution in [0, 0.1) is 5.82 Å². The smallest absolute Gasteiger partial charge is 0.341 e. The largest absolute Gasteiger partial charge is 0.493 e. The first-order chi connectivity index (χ1) is 10.8. The van der Waals surface area contributed by atoms with Crippen LogP contribution in [0.25, 0.3) is 0 Å². The summed E-state index contributed by atoms with van der Waals surface area (Å²) in [6, 6.07) is 8.40. The molecule has 2 aromatic carbocycles. The molecular weight excluding hydrogens is 325 g/mol. The summed E-state index contributed by atoms with van der Waals surface area (Å²) in [5.41, 5.74) is -0.423. The molecule has 0 aliphatic rings. The van der Waals surface area contributed by atoms with Gasteiger partial charge in [0.05, 0.1) is 17.2 Å². The van der Waals surface area contributed by atoms with Crippen molar-refractivity contribution >= 4 is 21.7 Å². The molecule has 0 radical (unpaired) electrons. The van der Waals surface area contributed by atoms with E-state index in [1.165, 1.54) is 18.2 Å². The summed E-state index contributed by atoms with van der Waals surface area (Å²) in [6.45, 7) is 1.91. The summed E-state index contributed by atoms with van der Waals surface area (Å²) >= 11 is 0. The van der Waals surface area contributed by atoms with Gasteiger partial charge >= 0.3 is 5.97 Å². The number of carboxylic acid groups (broad SMARTS) is 1. The number of carboxylic acids is 1. The molecule has 122 valence electrons. The Kier molecular flexibility index (Phi) is 4.85. The van der Waals surface area contributed by atoms with Gasteiger partial charge in [0.15, 0.2) is 0 Å². The van der Waals surface area contributed by atoms with Gasteiger partial charge in [-0.3, -0.25) is 4.72 Å². The predicted molar refractivity (Wildman–Crippen MR) is 81.8 cm³/mol. The zero-order chi connectivity index (χ0) is 17.0. The van der Waals surface area contributed by atoms with Crippen LogP contribution in [0.4, 0.5) is 10.1 Å². The summed E-state index contributed by atoms with van der Waals surface area (Å²) in [7, 11) is -4.05. The standard InChI is InChI=1S/C15H14FNO5S/c1-2-22-13-5-3-4-12(14(13)15(18)19)17-23(20,21)11-8-6-10(16)7-9-11/h3-9,17H,2H2,1H3,(H,18,19). The van der Waals surface area contributed by atoms with E-state index in [0.717, 1.165) is 24.3 Å². The summed E-state index contributed by atoms with van der Waals surface area (Å²) in [5.74, 6) is -1.85. The van der Waals surface area contributed by atoms with Crippen LogP contribution in [0.15, 0.2) is 47.4 Å². The zero-order valence-corrected chi connectivity index (χ0v) is 12.9. The maximum Gasteiger partial charge on any atom is 0.341 e. The van der Waals surface area contributed by atoms with E-state index >= 15 is 0 Å². The minimum Gasteiger partial charge on any atom is -0.493 e. The van der Waals surface area contributed by atoms with Gasteiger partial charge < -0.3 is 9.84 Å². The van der Waals surface area contributed by atoms with Crippen molar-refractivity contribution in [2.24, 2.45) is 0 Å². The maximum absolute atomic E-state index is 12.9. The number of rotatable bonds is 6. The second-order valence-corrected chi connectivity index (χ2v) is 6.16. The Bertz CT molecular complexity index is 818. The highest BCUT2D eigenvalue weighted by Crippen LogP contribution is 2.28. The van der Waals surface area contributed by atoms with Crippen molar-refractivity contribution in [1.29, 1.82) is 0 Å². The molecule has 0 fully saturated rings. The quantitative estimate of drug-likeness (QED) is 0.844. The number of ether oxygens (including phenoxy) is 1. The van der Waals surface area contributed by atoms with Crippen LogP contribution in [0.1, 0.15) is 17.3 Å². The van der Waals surface area contributed by atoms with Gasteiger partial charge in [-0.15, -0.1) is 0 Å². The predicted octanol–water partition coefficient (Wildman–Crippen LogP) is 2.72. The van der Waals surface area contributed by atoms with Gasteiger partial charge in [-0.1, -0.05) is 6.07 Å². The number of hydrogen-bond acceptors (Lipinski definition) is 4. The fourth-order valence-corrected chi connectivity index (χ4v) is 3.00. The monoisotopic (exact) mass is 339 g/mol. The molecule has 2 N–H and O–H groups in total. The zero-order valence-electron chi connectivity index (χ0n) is 12.1. The first-order valence-electron chi connectivity index (χ1n) is 6.62. The molecule has 0 aromatic heterocycles. The molecular formula is C15H14FNO5S. The maximum atomic E-state index is 12.9. The minimum absolute atomic E-state index is 0.0549. The molecule has 0 heterocycles. The Morgan fingerprint density at radius 1 is 1.22 bits per heavy atom. The molecule has 0 aliphatic heterocycles. The lowest BCUT2D eigenvalue weighted by Gasteiger charge is -2.14. The average molecular weight is 339 g/mol. The number of halogens is 1. The minimum atomic E-state index is -4.05. The van der Waals surface area contributed by atoms with Crippen molar-refractivity contribution < 1.29 is 27.4 Å². The third-order valence-electron chi connectivity index (χ3n) is 2.91. The summed E-state index contributed by atoms with van der Waals surface area (Å²) in [6.07, 6.45) is 0. The number of anilines is 1. The molecule has 0 atom stereocenters. The molecule has 2 rings (SSSR count). The van der Waals surface area contributed by atoms with Crippen molar-refractivity contribution in [3.05, 3.63) is 53.8 Å². The van der Waals surface area contributed by atoms with Crippen LogP contribution in [0.5, 0.6) is 5.75 Å². The van der Waals surface area contributed by atoms with E-state index in [-0.39, 0.29) is 28.5 Å². The summed E-state index contributed by atoms with van der Waals surface area (Å²) < 4.78 is 44.9. The van der Waals surface area contributed by atoms with Crippen LogP contribution in [-0.4, -0.2) is 26.1 Å². The van der Waals surface area contributed by atoms with E-state index in [1.807, 2.05) is 0 Å². The van der Waals surface area contributed by atoms with Gasteiger partial charge in [-0.05, 0) is 43.3 Å². The average Bonchev–Trinajstić information content (AvgIpc) is 2.47. The molecule has 0 bridgehead atoms. The van der Waals surface area contributed by atoms with Crippen molar-refractivity contribution in [2.75, 3.05) is 11.3 Å². The Morgan fingerprint density at radius 3 is 2.43 bits per heavy atom. The Balaban J connectivity index is 2.45. The van der Waals surface area contributed by atoms with Crippen molar-refractivity contribution in [1.82, 2.24) is 0 Å². The van der Waals surface area contributed by atoms with Gasteiger partial charge in [-0.2, -0.15) is 0 Å². The highest BCUT2D eigenvalue weighted by Gasteiger charge is 2.21. The molecule has 0 saturated heterocycles. The Labute approximate surface area is 132 Å². The second kappa shape index (κ2) is 6.66. The fourth-order valence-electron chi connectivity index (χ4n) is 1.93. The molecule has 23 heavy (non-hydrogen) atoms. The molecule has 8 heteroatoms. The van der Waals surface area contributed by atoms with Crippen LogP contribution >= 0.6 is 0 Å². The Hall–Kier alpha value is -2.61. The SMILES string of the molecule is CCOc1cccc(NS(=O)(=O)c2ccc(F)cc2)c1C(=O)O. The fraction of sp³-hybridized carbons (Fsp3) is 0.133. The summed E-state index contributed by atoms with van der Waals surface area (Å²) in [4.78, 5) is 11.2. The van der Waals surface area contributed by atoms with Crippen LogP contribution in [0.2, 0.25) is 0 Å². The number of aromatic carboxylic acids is 1. The second-order valence-electron chi connectivity index (χ2n) is 4.48. The normalized spacial score (nSPS) is 11.0. The first-order valence-corrected chi connectivity index (χ1v) is 8.11. The number of nitrogens with one attached hydrogen (secondary N) is 1. The lowest BCUT2D eigenvalue weighted by atomic mass is 10.1. The van der Waals surface area contributed by atoms with E-state index in [1.54, 1.807) is 6.92 Å². The van der Waals surface area contributed by atoms with E-state index in [0.29, 0.717) is 0 Å². The molecule has 0 spiro atoms. The van der Waals surface area contributed by atoms with Gasteiger partial charge in [0.25, 0.3) is 10.0 Å². The van der Waals surface area contributed by atoms with Crippen LogP contribution in [-0.2, 0) is 10.0 Å². The highest BCUT2D eigenvalue weighted by atomic mass is 32.2. The van der Waals surface area contributed by atoms with Gasteiger partial charge in [0.2, 0.25) is 0 Å². The number of sulfonamides is 1. The van der Waals surface area contributed by atoms with Crippen LogP contribution in [0.3, 0.4) is 0 Å². The first kappa shape index (κ1) is 16.8. The topological polar surface area (TPSA) is 92.7 Å². The molecule has 2 aromatic rings. The van der Waals surface area contributed by atoms with Crippen molar-refractivity contribution in [2.45, 2.75) is 11.8 Å². The van der Waals surface area contributed by atoms with Crippen LogP contribution < -0.4 is 9.46 Å². The van der Waals surface area contributed by atoms with E-state index in [9.17, 15) is 22.7 Å². The highest BCUT2D eigenvalue weighted by molar-refractivity contribution is 7.92. The number of hydrogen-bond donors (Lipinski definition) is 2. The number of benzene rings is 2. The van der Waals surface area contributed by atoms with Crippen molar-refractivity contribution in [3.63, 3.8) is 0 Å².